The average Bonchev–Trinajstić information content (AvgIpc) is 3.20. The number of esters is 1. The first-order chi connectivity index (χ1) is 19.7. The van der Waals surface area contributed by atoms with Gasteiger partial charge in [0.2, 0.25) is 0 Å². The molecule has 43 heavy (non-hydrogen) atoms. The summed E-state index contributed by atoms with van der Waals surface area (Å²) >= 11 is 0. The van der Waals surface area contributed by atoms with Crippen molar-refractivity contribution in [3.8, 4) is 0 Å². The number of Topliss-reactive ketones (excluding diaryl/α,β-unsaturated/α-hetero) is 1. The number of rotatable bonds is 3. The Labute approximate surface area is 249 Å². The molecule has 1 spiro atoms. The normalized spacial score (nSPS) is 40.5. The van der Waals surface area contributed by atoms with Crippen molar-refractivity contribution < 1.29 is 42.1 Å². The van der Waals surface area contributed by atoms with Crippen molar-refractivity contribution in [2.24, 2.45) is 34.5 Å². The molecule has 6 unspecified atom stereocenters. The highest BCUT2D eigenvalue weighted by Crippen LogP contribution is 2.71. The Balaban J connectivity index is 1.44. The SMILES string of the molecule is CC1=CC23C(=O)C(/C=C4/COC(C)(C)OC4CC2(O)C1OC(=O)c1c(C)nn(CC(F)(F)F)c1C)[C@H]1C(C[C@H]3C)C1(C)C. The summed E-state index contributed by atoms with van der Waals surface area (Å²) in [4.78, 5) is 28.6. The Bertz CT molecular complexity index is 1460. The van der Waals surface area contributed by atoms with E-state index in [0.29, 0.717) is 12.0 Å². The minimum atomic E-state index is -4.53. The van der Waals surface area contributed by atoms with Crippen LogP contribution in [0, 0.1) is 48.3 Å². The topological polar surface area (TPSA) is 99.9 Å². The Morgan fingerprint density at radius 3 is 2.53 bits per heavy atom. The number of nitrogens with zero attached hydrogens (tertiary/aromatic N) is 2. The number of allylic oxidation sites excluding steroid dienone is 1. The molecule has 0 amide bonds. The van der Waals surface area contributed by atoms with Gasteiger partial charge in [0.05, 0.1) is 29.5 Å². The lowest BCUT2D eigenvalue weighted by molar-refractivity contribution is -0.266. The van der Waals surface area contributed by atoms with Crippen LogP contribution in [0.15, 0.2) is 23.3 Å². The van der Waals surface area contributed by atoms with Gasteiger partial charge in [-0.25, -0.2) is 4.79 Å². The zero-order valence-corrected chi connectivity index (χ0v) is 26.0. The molecule has 5 aliphatic rings. The van der Waals surface area contributed by atoms with Gasteiger partial charge < -0.3 is 19.3 Å². The fourth-order valence-electron chi connectivity index (χ4n) is 8.98. The first-order valence-corrected chi connectivity index (χ1v) is 15.0. The van der Waals surface area contributed by atoms with E-state index in [9.17, 15) is 27.9 Å². The van der Waals surface area contributed by atoms with Crippen molar-refractivity contribution in [2.75, 3.05) is 6.61 Å². The summed E-state index contributed by atoms with van der Waals surface area (Å²) in [5, 5.41) is 16.9. The van der Waals surface area contributed by atoms with E-state index in [-0.39, 0.29) is 58.9 Å². The van der Waals surface area contributed by atoms with Crippen molar-refractivity contribution in [1.29, 1.82) is 0 Å². The number of carbonyl (C=O) groups excluding carboxylic acids is 2. The first kappa shape index (κ1) is 30.5. The number of ketones is 1. The minimum Gasteiger partial charge on any atom is -0.451 e. The van der Waals surface area contributed by atoms with Gasteiger partial charge in [0.1, 0.15) is 17.7 Å². The Morgan fingerprint density at radius 1 is 1.21 bits per heavy atom. The number of hydrogen-bond acceptors (Lipinski definition) is 7. The molecule has 0 aromatic carbocycles. The summed E-state index contributed by atoms with van der Waals surface area (Å²) in [6, 6.07) is 0. The van der Waals surface area contributed by atoms with Gasteiger partial charge in [-0.05, 0) is 75.4 Å². The van der Waals surface area contributed by atoms with Gasteiger partial charge in [0, 0.05) is 12.3 Å². The molecule has 236 valence electrons. The second-order valence-electron chi connectivity index (χ2n) is 14.5. The molecule has 1 aromatic rings. The predicted molar refractivity (Wildman–Crippen MR) is 149 cm³/mol. The maximum Gasteiger partial charge on any atom is 0.408 e. The van der Waals surface area contributed by atoms with E-state index in [2.05, 4.69) is 18.9 Å². The summed E-state index contributed by atoms with van der Waals surface area (Å²) in [6.45, 7) is 13.4. The smallest absolute Gasteiger partial charge is 0.408 e. The number of aromatic nitrogens is 2. The monoisotopic (exact) mass is 606 g/mol. The Hall–Kier alpha value is -2.50. The van der Waals surface area contributed by atoms with Gasteiger partial charge in [-0.3, -0.25) is 9.48 Å². The zero-order valence-electron chi connectivity index (χ0n) is 26.0. The molecule has 1 aromatic heterocycles. The van der Waals surface area contributed by atoms with Crippen molar-refractivity contribution in [3.63, 3.8) is 0 Å². The average molecular weight is 607 g/mol. The van der Waals surface area contributed by atoms with Gasteiger partial charge in [-0.2, -0.15) is 18.3 Å². The summed E-state index contributed by atoms with van der Waals surface area (Å²) in [5.74, 6) is -2.33. The van der Waals surface area contributed by atoms with Crippen LogP contribution in [0.2, 0.25) is 0 Å². The molecule has 2 heterocycles. The van der Waals surface area contributed by atoms with Gasteiger partial charge in [0.15, 0.2) is 17.7 Å². The van der Waals surface area contributed by atoms with Gasteiger partial charge in [-0.1, -0.05) is 32.9 Å². The second-order valence-corrected chi connectivity index (χ2v) is 14.5. The van der Waals surface area contributed by atoms with E-state index in [0.717, 1.165) is 10.3 Å². The first-order valence-electron chi connectivity index (χ1n) is 15.0. The molecule has 2 saturated carbocycles. The molecule has 11 heteroatoms. The fraction of sp³-hybridized carbons (Fsp3) is 0.719. The standard InChI is InChI=1S/C32H41F3N2O6/c1-15-11-30-16(2)9-21-24(28(21,5)6)20(25(30)38)10-19-13-41-29(7,8)43-22(19)12-31(30,40)26(15)42-27(39)23-17(3)36-37(18(23)4)14-32(33,34)35/h10-11,16,20-22,24,26,40H,9,12-14H2,1-8H3/b19-10-/t16-,20?,21?,22?,24+,26?,30?,31?/m1/s1. The third kappa shape index (κ3) is 4.39. The number of aryl methyl sites for hydroxylation is 1. The third-order valence-corrected chi connectivity index (χ3v) is 11.1. The van der Waals surface area contributed by atoms with E-state index >= 15 is 0 Å². The lowest BCUT2D eigenvalue weighted by Gasteiger charge is -2.51. The number of ether oxygens (including phenoxy) is 3. The highest BCUT2D eigenvalue weighted by Gasteiger charge is 2.74. The minimum absolute atomic E-state index is 0.0137. The molecule has 4 aliphatic carbocycles. The van der Waals surface area contributed by atoms with Gasteiger partial charge in [0.25, 0.3) is 0 Å². The molecular weight excluding hydrogens is 565 g/mol. The largest absolute Gasteiger partial charge is 0.451 e. The molecule has 1 N–H and O–H groups in total. The van der Waals surface area contributed by atoms with Crippen LogP contribution >= 0.6 is 0 Å². The van der Waals surface area contributed by atoms with Crippen LogP contribution in [0.25, 0.3) is 0 Å². The molecule has 8 atom stereocenters. The van der Waals surface area contributed by atoms with Crippen LogP contribution in [0.4, 0.5) is 13.2 Å². The lowest BCUT2D eigenvalue weighted by atomic mass is 9.57. The fourth-order valence-corrected chi connectivity index (χ4v) is 8.98. The van der Waals surface area contributed by atoms with E-state index in [1.54, 1.807) is 26.8 Å². The highest BCUT2D eigenvalue weighted by atomic mass is 19.4. The Kier molecular flexibility index (Phi) is 6.58. The quantitative estimate of drug-likeness (QED) is 0.371. The number of aliphatic hydroxyl groups is 1. The van der Waals surface area contributed by atoms with E-state index in [4.69, 9.17) is 14.2 Å². The molecular formula is C32H41F3N2O6. The van der Waals surface area contributed by atoms with Gasteiger partial charge >= 0.3 is 12.1 Å². The zero-order chi connectivity index (χ0) is 31.7. The molecule has 3 fully saturated rings. The summed E-state index contributed by atoms with van der Waals surface area (Å²) in [6.07, 6.45) is -1.85. The predicted octanol–water partition coefficient (Wildman–Crippen LogP) is 5.24. The number of halogens is 3. The maximum atomic E-state index is 14.8. The summed E-state index contributed by atoms with van der Waals surface area (Å²) in [5.41, 5.74) is -1.95. The van der Waals surface area contributed by atoms with Crippen LogP contribution in [0.1, 0.15) is 76.1 Å². The molecule has 1 aliphatic heterocycles. The molecule has 6 rings (SSSR count). The van der Waals surface area contributed by atoms with Crippen LogP contribution in [-0.2, 0) is 25.5 Å². The number of alkyl halides is 3. The lowest BCUT2D eigenvalue weighted by Crippen LogP contribution is -2.63. The second kappa shape index (κ2) is 9.26. The number of fused-ring (bicyclic) bond motifs is 4. The third-order valence-electron chi connectivity index (χ3n) is 11.1. The van der Waals surface area contributed by atoms with Crippen LogP contribution in [0.3, 0.4) is 0 Å². The van der Waals surface area contributed by atoms with E-state index in [1.807, 2.05) is 13.0 Å². The van der Waals surface area contributed by atoms with E-state index in [1.165, 1.54) is 13.8 Å². The number of hydrogen-bond donors (Lipinski definition) is 1. The van der Waals surface area contributed by atoms with Crippen LogP contribution < -0.4 is 0 Å². The van der Waals surface area contributed by atoms with Gasteiger partial charge in [-0.15, -0.1) is 0 Å². The summed E-state index contributed by atoms with van der Waals surface area (Å²) < 4.78 is 58.6. The van der Waals surface area contributed by atoms with Crippen molar-refractivity contribution in [2.45, 2.75) is 105 Å². The maximum absolute atomic E-state index is 14.8. The van der Waals surface area contributed by atoms with Crippen LogP contribution in [-0.4, -0.2) is 63.0 Å². The summed E-state index contributed by atoms with van der Waals surface area (Å²) in [7, 11) is 0. The van der Waals surface area contributed by atoms with Crippen molar-refractivity contribution in [3.05, 3.63) is 40.2 Å². The molecule has 0 radical (unpaired) electrons. The van der Waals surface area contributed by atoms with Crippen LogP contribution in [0.5, 0.6) is 0 Å². The number of carbonyl (C=O) groups is 2. The van der Waals surface area contributed by atoms with Crippen molar-refractivity contribution >= 4 is 11.8 Å². The highest BCUT2D eigenvalue weighted by molar-refractivity contribution is 5.96. The molecule has 1 saturated heterocycles. The molecule has 2 bridgehead atoms. The molecule has 8 nitrogen and oxygen atoms in total. The van der Waals surface area contributed by atoms with E-state index < -0.39 is 53.6 Å². The Morgan fingerprint density at radius 2 is 1.88 bits per heavy atom. The van der Waals surface area contributed by atoms with Crippen molar-refractivity contribution in [1.82, 2.24) is 9.78 Å².